The van der Waals surface area contributed by atoms with Gasteiger partial charge in [-0.3, -0.25) is 4.79 Å². The zero-order chi connectivity index (χ0) is 13.3. The fourth-order valence-electron chi connectivity index (χ4n) is 1.44. The van der Waals surface area contributed by atoms with Gasteiger partial charge in [-0.15, -0.1) is 0 Å². The van der Waals surface area contributed by atoms with Crippen LogP contribution in [0.5, 0.6) is 5.88 Å². The first-order valence-corrected chi connectivity index (χ1v) is 5.06. The molecule has 0 aliphatic heterocycles. The minimum atomic E-state index is -0.691. The second kappa shape index (κ2) is 4.32. The molecule has 94 valence electrons. The van der Waals surface area contributed by atoms with Gasteiger partial charge in [-0.2, -0.15) is 10.1 Å². The fourth-order valence-corrected chi connectivity index (χ4v) is 1.44. The molecule has 0 radical (unpaired) electrons. The van der Waals surface area contributed by atoms with Crippen molar-refractivity contribution in [1.82, 2.24) is 19.7 Å². The first-order chi connectivity index (χ1) is 8.51. The number of amides is 1. The molecule has 0 aliphatic rings. The van der Waals surface area contributed by atoms with Crippen LogP contribution >= 0.6 is 0 Å². The van der Waals surface area contributed by atoms with Crippen molar-refractivity contribution in [2.75, 3.05) is 12.8 Å². The summed E-state index contributed by atoms with van der Waals surface area (Å²) in [6.45, 7) is 1.72. The highest BCUT2D eigenvalue weighted by atomic mass is 16.5. The van der Waals surface area contributed by atoms with E-state index in [0.29, 0.717) is 17.5 Å². The highest BCUT2D eigenvalue weighted by molar-refractivity contribution is 5.95. The first-order valence-electron chi connectivity index (χ1n) is 5.06. The van der Waals surface area contributed by atoms with E-state index >= 15 is 0 Å². The lowest BCUT2D eigenvalue weighted by Crippen LogP contribution is -2.14. The molecule has 0 saturated carbocycles. The number of aromatic nitrogens is 4. The van der Waals surface area contributed by atoms with Crippen molar-refractivity contribution in [2.24, 2.45) is 5.73 Å². The number of aryl methyl sites for hydroxylation is 1. The van der Waals surface area contributed by atoms with Crippen LogP contribution in [0, 0.1) is 6.92 Å². The predicted molar refractivity (Wildman–Crippen MR) is 63.4 cm³/mol. The minimum Gasteiger partial charge on any atom is -0.481 e. The van der Waals surface area contributed by atoms with Crippen LogP contribution in [-0.2, 0) is 0 Å². The van der Waals surface area contributed by atoms with Crippen LogP contribution in [0.2, 0.25) is 0 Å². The zero-order valence-electron chi connectivity index (χ0n) is 9.91. The van der Waals surface area contributed by atoms with Crippen LogP contribution in [-0.4, -0.2) is 32.8 Å². The number of hydrogen-bond acceptors (Lipinski definition) is 6. The zero-order valence-corrected chi connectivity index (χ0v) is 9.91. The Morgan fingerprint density at radius 2 is 2.17 bits per heavy atom. The molecule has 2 aromatic heterocycles. The molecule has 0 saturated heterocycles. The second-order valence-corrected chi connectivity index (χ2v) is 3.56. The number of carbonyl (C=O) groups is 1. The molecule has 0 aromatic carbocycles. The van der Waals surface area contributed by atoms with Gasteiger partial charge in [0.15, 0.2) is 11.5 Å². The lowest BCUT2D eigenvalue weighted by Gasteiger charge is -2.04. The van der Waals surface area contributed by atoms with Gasteiger partial charge in [0, 0.05) is 6.07 Å². The molecule has 0 atom stereocenters. The summed E-state index contributed by atoms with van der Waals surface area (Å²) in [6, 6.07) is 1.57. The van der Waals surface area contributed by atoms with Gasteiger partial charge in [-0.25, -0.2) is 9.67 Å². The van der Waals surface area contributed by atoms with Crippen LogP contribution in [0.4, 0.5) is 5.69 Å². The van der Waals surface area contributed by atoms with Crippen molar-refractivity contribution in [1.29, 1.82) is 0 Å². The van der Waals surface area contributed by atoms with E-state index in [2.05, 4.69) is 15.1 Å². The number of nitrogens with two attached hydrogens (primary N) is 2. The van der Waals surface area contributed by atoms with Crippen molar-refractivity contribution < 1.29 is 9.53 Å². The smallest absolute Gasteiger partial charge is 0.271 e. The molecule has 8 heteroatoms. The van der Waals surface area contributed by atoms with Gasteiger partial charge in [0.1, 0.15) is 5.82 Å². The standard InChI is InChI=1S/C10H12N6O2/c1-5-13-7(3-8(14-5)18-2)16-4-6(11)9(15-16)10(12)17/h3-4H,11H2,1-2H3,(H2,12,17). The van der Waals surface area contributed by atoms with E-state index in [-0.39, 0.29) is 11.4 Å². The number of anilines is 1. The molecule has 0 bridgehead atoms. The molecule has 0 spiro atoms. The highest BCUT2D eigenvalue weighted by Crippen LogP contribution is 2.15. The molecule has 2 rings (SSSR count). The van der Waals surface area contributed by atoms with Crippen molar-refractivity contribution >= 4 is 11.6 Å². The van der Waals surface area contributed by atoms with E-state index in [1.807, 2.05) is 0 Å². The molecule has 18 heavy (non-hydrogen) atoms. The average Bonchev–Trinajstić information content (AvgIpc) is 2.70. The van der Waals surface area contributed by atoms with Gasteiger partial charge in [-0.05, 0) is 6.92 Å². The predicted octanol–water partition coefficient (Wildman–Crippen LogP) is -0.340. The first kappa shape index (κ1) is 11.8. The van der Waals surface area contributed by atoms with E-state index in [0.717, 1.165) is 0 Å². The molecular weight excluding hydrogens is 236 g/mol. The molecule has 0 unspecified atom stereocenters. The summed E-state index contributed by atoms with van der Waals surface area (Å²) in [5, 5.41) is 3.97. The van der Waals surface area contributed by atoms with Gasteiger partial charge in [-0.1, -0.05) is 0 Å². The van der Waals surface area contributed by atoms with Crippen LogP contribution in [0.25, 0.3) is 5.82 Å². The quantitative estimate of drug-likeness (QED) is 0.766. The van der Waals surface area contributed by atoms with Crippen molar-refractivity contribution in [3.05, 3.63) is 23.8 Å². The summed E-state index contributed by atoms with van der Waals surface area (Å²) in [5.41, 5.74) is 11.0. The number of nitrogen functional groups attached to an aromatic ring is 1. The number of ether oxygens (including phenoxy) is 1. The third-order valence-corrected chi connectivity index (χ3v) is 2.22. The van der Waals surface area contributed by atoms with Crippen molar-refractivity contribution in [3.63, 3.8) is 0 Å². The SMILES string of the molecule is COc1cc(-n2cc(N)c(C(N)=O)n2)nc(C)n1. The second-order valence-electron chi connectivity index (χ2n) is 3.56. The molecular formula is C10H12N6O2. The summed E-state index contributed by atoms with van der Waals surface area (Å²) < 4.78 is 6.38. The number of methoxy groups -OCH3 is 1. The molecule has 2 aromatic rings. The topological polar surface area (TPSA) is 122 Å². The molecule has 0 aliphatic carbocycles. The number of rotatable bonds is 3. The summed E-state index contributed by atoms with van der Waals surface area (Å²) in [7, 11) is 1.50. The Morgan fingerprint density at radius 1 is 1.44 bits per heavy atom. The van der Waals surface area contributed by atoms with Crippen LogP contribution in [0.1, 0.15) is 16.3 Å². The van der Waals surface area contributed by atoms with Gasteiger partial charge in [0.25, 0.3) is 5.91 Å². The molecule has 1 amide bonds. The normalized spacial score (nSPS) is 10.3. The van der Waals surface area contributed by atoms with Gasteiger partial charge in [0.05, 0.1) is 19.0 Å². The highest BCUT2D eigenvalue weighted by Gasteiger charge is 2.13. The Labute approximate surface area is 103 Å². The molecule has 4 N–H and O–H groups in total. The average molecular weight is 248 g/mol. The van der Waals surface area contributed by atoms with Crippen LogP contribution in [0.15, 0.2) is 12.3 Å². The largest absolute Gasteiger partial charge is 0.481 e. The number of primary amides is 1. The lowest BCUT2D eigenvalue weighted by atomic mass is 10.4. The van der Waals surface area contributed by atoms with Crippen molar-refractivity contribution in [3.8, 4) is 11.7 Å². The van der Waals surface area contributed by atoms with Gasteiger partial charge >= 0.3 is 0 Å². The number of hydrogen-bond donors (Lipinski definition) is 2. The summed E-state index contributed by atoms with van der Waals surface area (Å²) >= 11 is 0. The Morgan fingerprint density at radius 3 is 2.72 bits per heavy atom. The maximum absolute atomic E-state index is 11.1. The Balaban J connectivity index is 2.51. The van der Waals surface area contributed by atoms with E-state index in [1.54, 1.807) is 13.0 Å². The summed E-state index contributed by atoms with van der Waals surface area (Å²) in [5.74, 6) is 0.661. The van der Waals surface area contributed by atoms with Crippen LogP contribution < -0.4 is 16.2 Å². The monoisotopic (exact) mass is 248 g/mol. The summed E-state index contributed by atoms with van der Waals surface area (Å²) in [4.78, 5) is 19.3. The Kier molecular flexibility index (Phi) is 2.84. The Bertz CT molecular complexity index is 606. The maximum Gasteiger partial charge on any atom is 0.271 e. The van der Waals surface area contributed by atoms with E-state index in [1.165, 1.54) is 18.0 Å². The number of carbonyl (C=O) groups excluding carboxylic acids is 1. The third kappa shape index (κ3) is 2.08. The van der Waals surface area contributed by atoms with E-state index < -0.39 is 5.91 Å². The molecule has 2 heterocycles. The third-order valence-electron chi connectivity index (χ3n) is 2.22. The molecule has 0 fully saturated rings. The summed E-state index contributed by atoms with van der Waals surface area (Å²) in [6.07, 6.45) is 1.46. The number of nitrogens with zero attached hydrogens (tertiary/aromatic N) is 4. The van der Waals surface area contributed by atoms with Gasteiger partial charge in [0.2, 0.25) is 5.88 Å². The molecule has 8 nitrogen and oxygen atoms in total. The van der Waals surface area contributed by atoms with Crippen LogP contribution in [0.3, 0.4) is 0 Å². The van der Waals surface area contributed by atoms with Gasteiger partial charge < -0.3 is 16.2 Å². The minimum absolute atomic E-state index is 0.00484. The lowest BCUT2D eigenvalue weighted by molar-refractivity contribution is 0.0996. The fraction of sp³-hybridized carbons (Fsp3) is 0.200. The van der Waals surface area contributed by atoms with E-state index in [4.69, 9.17) is 16.2 Å². The van der Waals surface area contributed by atoms with E-state index in [9.17, 15) is 4.79 Å². The maximum atomic E-state index is 11.1. The Hall–Kier alpha value is -2.64. The van der Waals surface area contributed by atoms with Crippen molar-refractivity contribution in [2.45, 2.75) is 6.92 Å².